The van der Waals surface area contributed by atoms with Crippen molar-refractivity contribution in [3.63, 3.8) is 0 Å². The molecular weight excluding hydrogens is 176 g/mol. The van der Waals surface area contributed by atoms with E-state index in [1.54, 1.807) is 6.92 Å². The third-order valence-corrected chi connectivity index (χ3v) is 3.57. The molecular formula is C12H20O2. The first-order chi connectivity index (χ1) is 6.52. The van der Waals surface area contributed by atoms with Gasteiger partial charge in [-0.05, 0) is 31.1 Å². The van der Waals surface area contributed by atoms with Crippen LogP contribution in [0.25, 0.3) is 0 Å². The predicted molar refractivity (Wildman–Crippen MR) is 57.1 cm³/mol. The summed E-state index contributed by atoms with van der Waals surface area (Å²) in [5, 5.41) is 8.80. The molecule has 3 unspecified atom stereocenters. The van der Waals surface area contributed by atoms with Gasteiger partial charge in [0.1, 0.15) is 0 Å². The standard InChI is InChI=1S/C12H20O2/c1-8-5-4-6-11(10(8)3)7-9(2)12(13)14/h7-8,10-11H,4-6H2,1-3H3,(H,13,14). The molecule has 0 aromatic heterocycles. The van der Waals surface area contributed by atoms with E-state index in [1.807, 2.05) is 6.08 Å². The van der Waals surface area contributed by atoms with Crippen molar-refractivity contribution in [3.8, 4) is 0 Å². The lowest BCUT2D eigenvalue weighted by Crippen LogP contribution is -2.23. The number of carboxylic acids is 1. The van der Waals surface area contributed by atoms with Crippen molar-refractivity contribution in [1.29, 1.82) is 0 Å². The van der Waals surface area contributed by atoms with Crippen LogP contribution in [-0.2, 0) is 4.79 Å². The topological polar surface area (TPSA) is 37.3 Å². The minimum atomic E-state index is -0.782. The van der Waals surface area contributed by atoms with E-state index >= 15 is 0 Å². The highest BCUT2D eigenvalue weighted by molar-refractivity contribution is 5.85. The minimum absolute atomic E-state index is 0.467. The van der Waals surface area contributed by atoms with Gasteiger partial charge in [0.05, 0.1) is 0 Å². The van der Waals surface area contributed by atoms with Gasteiger partial charge < -0.3 is 5.11 Å². The molecule has 3 atom stereocenters. The molecule has 1 fully saturated rings. The highest BCUT2D eigenvalue weighted by Crippen LogP contribution is 2.35. The summed E-state index contributed by atoms with van der Waals surface area (Å²) >= 11 is 0. The van der Waals surface area contributed by atoms with Gasteiger partial charge in [0.25, 0.3) is 0 Å². The van der Waals surface area contributed by atoms with Crippen LogP contribution in [0, 0.1) is 17.8 Å². The zero-order chi connectivity index (χ0) is 10.7. The first kappa shape index (κ1) is 11.3. The van der Waals surface area contributed by atoms with E-state index < -0.39 is 5.97 Å². The molecule has 0 aromatic carbocycles. The van der Waals surface area contributed by atoms with E-state index in [0.717, 1.165) is 12.3 Å². The number of aliphatic carboxylic acids is 1. The average Bonchev–Trinajstić information content (AvgIpc) is 2.12. The summed E-state index contributed by atoms with van der Waals surface area (Å²) in [6.45, 7) is 6.19. The Balaban J connectivity index is 2.68. The summed E-state index contributed by atoms with van der Waals surface area (Å²) in [5.41, 5.74) is 0.496. The van der Waals surface area contributed by atoms with Crippen LogP contribution < -0.4 is 0 Å². The molecule has 1 aliphatic rings. The van der Waals surface area contributed by atoms with Crippen molar-refractivity contribution in [3.05, 3.63) is 11.6 Å². The first-order valence-corrected chi connectivity index (χ1v) is 5.44. The van der Waals surface area contributed by atoms with E-state index in [-0.39, 0.29) is 0 Å². The van der Waals surface area contributed by atoms with Crippen molar-refractivity contribution in [2.75, 3.05) is 0 Å². The lowest BCUT2D eigenvalue weighted by atomic mass is 9.73. The van der Waals surface area contributed by atoms with Crippen LogP contribution in [0.15, 0.2) is 11.6 Å². The Bertz CT molecular complexity index is 243. The van der Waals surface area contributed by atoms with Crippen LogP contribution in [0.1, 0.15) is 40.0 Å². The van der Waals surface area contributed by atoms with E-state index in [1.165, 1.54) is 12.8 Å². The smallest absolute Gasteiger partial charge is 0.330 e. The SMILES string of the molecule is CC(=CC1CCCC(C)C1C)C(=O)O. The number of carbonyl (C=O) groups is 1. The summed E-state index contributed by atoms with van der Waals surface area (Å²) in [4.78, 5) is 10.7. The molecule has 0 amide bonds. The summed E-state index contributed by atoms with van der Waals surface area (Å²) in [7, 11) is 0. The molecule has 0 spiro atoms. The fraction of sp³-hybridized carbons (Fsp3) is 0.750. The van der Waals surface area contributed by atoms with Gasteiger partial charge in [-0.1, -0.05) is 32.8 Å². The molecule has 80 valence electrons. The summed E-state index contributed by atoms with van der Waals surface area (Å²) in [6.07, 6.45) is 5.62. The molecule has 0 aliphatic heterocycles. The van der Waals surface area contributed by atoms with Gasteiger partial charge in [-0.3, -0.25) is 0 Å². The van der Waals surface area contributed by atoms with Crippen LogP contribution in [0.3, 0.4) is 0 Å². The highest BCUT2D eigenvalue weighted by Gasteiger charge is 2.25. The molecule has 0 heterocycles. The Kier molecular flexibility index (Phi) is 3.73. The lowest BCUT2D eigenvalue weighted by molar-refractivity contribution is -0.132. The zero-order valence-corrected chi connectivity index (χ0v) is 9.29. The minimum Gasteiger partial charge on any atom is -0.478 e. The second kappa shape index (κ2) is 4.63. The Morgan fingerprint density at radius 3 is 2.57 bits per heavy atom. The average molecular weight is 196 g/mol. The van der Waals surface area contributed by atoms with Crippen LogP contribution in [0.4, 0.5) is 0 Å². The lowest BCUT2D eigenvalue weighted by Gasteiger charge is -2.32. The zero-order valence-electron chi connectivity index (χ0n) is 9.29. The van der Waals surface area contributed by atoms with E-state index in [2.05, 4.69) is 13.8 Å². The molecule has 1 N–H and O–H groups in total. The highest BCUT2D eigenvalue weighted by atomic mass is 16.4. The fourth-order valence-electron chi connectivity index (χ4n) is 2.25. The summed E-state index contributed by atoms with van der Waals surface area (Å²) < 4.78 is 0. The molecule has 0 bridgehead atoms. The third-order valence-electron chi connectivity index (χ3n) is 3.57. The number of hydrogen-bond donors (Lipinski definition) is 1. The van der Waals surface area contributed by atoms with Gasteiger partial charge >= 0.3 is 5.97 Å². The fourth-order valence-corrected chi connectivity index (χ4v) is 2.25. The van der Waals surface area contributed by atoms with Gasteiger partial charge in [0.2, 0.25) is 0 Å². The van der Waals surface area contributed by atoms with E-state index in [0.29, 0.717) is 17.4 Å². The quantitative estimate of drug-likeness (QED) is 0.689. The van der Waals surface area contributed by atoms with Crippen molar-refractivity contribution in [2.24, 2.45) is 17.8 Å². The predicted octanol–water partition coefficient (Wildman–Crippen LogP) is 3.09. The first-order valence-electron chi connectivity index (χ1n) is 5.44. The van der Waals surface area contributed by atoms with Crippen molar-refractivity contribution in [1.82, 2.24) is 0 Å². The van der Waals surface area contributed by atoms with E-state index in [9.17, 15) is 4.79 Å². The Morgan fingerprint density at radius 2 is 2.00 bits per heavy atom. The van der Waals surface area contributed by atoms with Gasteiger partial charge in [-0.25, -0.2) is 4.79 Å². The molecule has 14 heavy (non-hydrogen) atoms. The Morgan fingerprint density at radius 1 is 1.36 bits per heavy atom. The van der Waals surface area contributed by atoms with Gasteiger partial charge in [-0.15, -0.1) is 0 Å². The Hall–Kier alpha value is -0.790. The van der Waals surface area contributed by atoms with Gasteiger partial charge in [-0.2, -0.15) is 0 Å². The molecule has 1 saturated carbocycles. The van der Waals surface area contributed by atoms with Crippen LogP contribution in [0.5, 0.6) is 0 Å². The number of hydrogen-bond acceptors (Lipinski definition) is 1. The molecule has 0 aromatic rings. The van der Waals surface area contributed by atoms with Crippen molar-refractivity contribution >= 4 is 5.97 Å². The Labute approximate surface area is 86.0 Å². The van der Waals surface area contributed by atoms with Crippen LogP contribution >= 0.6 is 0 Å². The molecule has 2 nitrogen and oxygen atoms in total. The van der Waals surface area contributed by atoms with Crippen molar-refractivity contribution in [2.45, 2.75) is 40.0 Å². The monoisotopic (exact) mass is 196 g/mol. The molecule has 0 radical (unpaired) electrons. The second-order valence-electron chi connectivity index (χ2n) is 4.59. The summed E-state index contributed by atoms with van der Waals surface area (Å²) in [6, 6.07) is 0. The molecule has 2 heteroatoms. The van der Waals surface area contributed by atoms with Gasteiger partial charge in [0.15, 0.2) is 0 Å². The van der Waals surface area contributed by atoms with Gasteiger partial charge in [0, 0.05) is 5.57 Å². The number of carboxylic acid groups (broad SMARTS) is 1. The largest absolute Gasteiger partial charge is 0.478 e. The number of allylic oxidation sites excluding steroid dienone is 1. The molecule has 1 rings (SSSR count). The van der Waals surface area contributed by atoms with E-state index in [4.69, 9.17) is 5.11 Å². The number of rotatable bonds is 2. The maximum absolute atomic E-state index is 10.7. The summed E-state index contributed by atoms with van der Waals surface area (Å²) in [5.74, 6) is 1.04. The van der Waals surface area contributed by atoms with Crippen molar-refractivity contribution < 1.29 is 9.90 Å². The normalized spacial score (nSPS) is 34.2. The molecule has 0 saturated heterocycles. The van der Waals surface area contributed by atoms with Crippen LogP contribution in [0.2, 0.25) is 0 Å². The maximum atomic E-state index is 10.7. The molecule has 1 aliphatic carbocycles. The third kappa shape index (κ3) is 2.60. The second-order valence-corrected chi connectivity index (χ2v) is 4.59. The van der Waals surface area contributed by atoms with Crippen LogP contribution in [-0.4, -0.2) is 11.1 Å². The maximum Gasteiger partial charge on any atom is 0.330 e.